The number of aliphatic hydroxyl groups excluding tert-OH is 1. The van der Waals surface area contributed by atoms with Crippen molar-refractivity contribution in [2.45, 2.75) is 31.8 Å². The average molecular weight is 313 g/mol. The van der Waals surface area contributed by atoms with E-state index in [0.29, 0.717) is 6.54 Å². The standard InChI is InChI=1S/C15H19N7O/c1-21-13-4-2-3-12(10(13)7-18-21)20-14-11-8-19-22(5-6-23)15(11)17-9-16-14/h7-9,12,23H,2-6H2,1H3,(H,16,17,20). The Balaban J connectivity index is 1.69. The molecule has 0 aliphatic heterocycles. The van der Waals surface area contributed by atoms with Crippen molar-refractivity contribution in [1.82, 2.24) is 29.5 Å². The molecule has 0 saturated heterocycles. The molecule has 0 radical (unpaired) electrons. The number of rotatable bonds is 4. The van der Waals surface area contributed by atoms with Crippen LogP contribution in [0.25, 0.3) is 11.0 Å². The SMILES string of the molecule is Cn1ncc2c1CCCC2Nc1ncnc2c1cnn2CCO. The monoisotopic (exact) mass is 313 g/mol. The average Bonchev–Trinajstić information content (AvgIpc) is 3.14. The number of anilines is 1. The van der Waals surface area contributed by atoms with Gasteiger partial charge in [0.05, 0.1) is 37.0 Å². The van der Waals surface area contributed by atoms with Crippen LogP contribution in [-0.4, -0.2) is 41.2 Å². The first-order valence-corrected chi connectivity index (χ1v) is 7.82. The summed E-state index contributed by atoms with van der Waals surface area (Å²) in [7, 11) is 1.99. The van der Waals surface area contributed by atoms with Crippen molar-refractivity contribution in [3.05, 3.63) is 30.0 Å². The van der Waals surface area contributed by atoms with E-state index in [9.17, 15) is 0 Å². The molecule has 3 aromatic heterocycles. The fourth-order valence-electron chi connectivity index (χ4n) is 3.29. The molecule has 120 valence electrons. The molecule has 1 atom stereocenters. The molecule has 0 saturated carbocycles. The van der Waals surface area contributed by atoms with Crippen LogP contribution in [0.4, 0.5) is 5.82 Å². The summed E-state index contributed by atoms with van der Waals surface area (Å²) >= 11 is 0. The number of nitrogens with one attached hydrogen (secondary N) is 1. The Morgan fingerprint density at radius 3 is 3.09 bits per heavy atom. The number of nitrogens with zero attached hydrogens (tertiary/aromatic N) is 6. The lowest BCUT2D eigenvalue weighted by Crippen LogP contribution is -2.18. The summed E-state index contributed by atoms with van der Waals surface area (Å²) in [4.78, 5) is 8.67. The zero-order valence-electron chi connectivity index (χ0n) is 13.0. The van der Waals surface area contributed by atoms with E-state index < -0.39 is 0 Å². The summed E-state index contributed by atoms with van der Waals surface area (Å²) < 4.78 is 3.65. The van der Waals surface area contributed by atoms with E-state index in [2.05, 4.69) is 25.5 Å². The van der Waals surface area contributed by atoms with Crippen LogP contribution in [0.1, 0.15) is 30.1 Å². The predicted molar refractivity (Wildman–Crippen MR) is 84.9 cm³/mol. The highest BCUT2D eigenvalue weighted by Crippen LogP contribution is 2.33. The summed E-state index contributed by atoms with van der Waals surface area (Å²) in [6, 6.07) is 0.201. The molecule has 0 fully saturated rings. The second-order valence-corrected chi connectivity index (χ2v) is 5.81. The third kappa shape index (κ3) is 2.35. The highest BCUT2D eigenvalue weighted by molar-refractivity contribution is 5.86. The molecule has 4 rings (SSSR count). The molecular weight excluding hydrogens is 294 g/mol. The van der Waals surface area contributed by atoms with Crippen LogP contribution >= 0.6 is 0 Å². The van der Waals surface area contributed by atoms with E-state index in [1.807, 2.05) is 17.9 Å². The molecule has 23 heavy (non-hydrogen) atoms. The smallest absolute Gasteiger partial charge is 0.163 e. The van der Waals surface area contributed by atoms with E-state index in [1.54, 1.807) is 10.9 Å². The van der Waals surface area contributed by atoms with E-state index in [0.717, 1.165) is 36.1 Å². The summed E-state index contributed by atoms with van der Waals surface area (Å²) in [5, 5.41) is 22.2. The van der Waals surface area contributed by atoms with Gasteiger partial charge in [-0.2, -0.15) is 10.2 Å². The van der Waals surface area contributed by atoms with Crippen molar-refractivity contribution in [1.29, 1.82) is 0 Å². The maximum absolute atomic E-state index is 9.11. The molecule has 8 nitrogen and oxygen atoms in total. The van der Waals surface area contributed by atoms with Gasteiger partial charge < -0.3 is 10.4 Å². The van der Waals surface area contributed by atoms with Gasteiger partial charge in [-0.15, -0.1) is 0 Å². The molecule has 3 heterocycles. The number of aryl methyl sites for hydroxylation is 1. The Morgan fingerprint density at radius 1 is 1.30 bits per heavy atom. The minimum absolute atomic E-state index is 0.0330. The Bertz CT molecular complexity index is 838. The second kappa shape index (κ2) is 5.62. The lowest BCUT2D eigenvalue weighted by atomic mass is 9.93. The zero-order chi connectivity index (χ0) is 15.8. The van der Waals surface area contributed by atoms with Crippen molar-refractivity contribution in [2.75, 3.05) is 11.9 Å². The zero-order valence-corrected chi connectivity index (χ0v) is 13.0. The van der Waals surface area contributed by atoms with Gasteiger partial charge in [0.1, 0.15) is 12.1 Å². The van der Waals surface area contributed by atoms with E-state index in [1.165, 1.54) is 17.6 Å². The molecule has 0 aromatic carbocycles. The van der Waals surface area contributed by atoms with Crippen LogP contribution in [0, 0.1) is 0 Å². The van der Waals surface area contributed by atoms with Crippen LogP contribution < -0.4 is 5.32 Å². The van der Waals surface area contributed by atoms with Gasteiger partial charge in [-0.3, -0.25) is 4.68 Å². The number of hydrogen-bond acceptors (Lipinski definition) is 6. The Hall–Kier alpha value is -2.48. The third-order valence-electron chi connectivity index (χ3n) is 4.43. The van der Waals surface area contributed by atoms with Gasteiger partial charge in [0, 0.05) is 18.3 Å². The van der Waals surface area contributed by atoms with Gasteiger partial charge in [0.25, 0.3) is 0 Å². The quantitative estimate of drug-likeness (QED) is 0.747. The van der Waals surface area contributed by atoms with Crippen LogP contribution in [0.15, 0.2) is 18.7 Å². The van der Waals surface area contributed by atoms with Crippen LogP contribution in [-0.2, 0) is 20.0 Å². The van der Waals surface area contributed by atoms with Crippen molar-refractivity contribution in [2.24, 2.45) is 7.05 Å². The molecule has 8 heteroatoms. The molecule has 0 spiro atoms. The van der Waals surface area contributed by atoms with Crippen molar-refractivity contribution < 1.29 is 5.11 Å². The minimum Gasteiger partial charge on any atom is -0.394 e. The van der Waals surface area contributed by atoms with Gasteiger partial charge in [0.15, 0.2) is 5.65 Å². The maximum Gasteiger partial charge on any atom is 0.163 e. The summed E-state index contributed by atoms with van der Waals surface area (Å²) in [5.41, 5.74) is 3.27. The molecule has 0 bridgehead atoms. The van der Waals surface area contributed by atoms with Gasteiger partial charge >= 0.3 is 0 Å². The van der Waals surface area contributed by atoms with Crippen LogP contribution in [0.2, 0.25) is 0 Å². The van der Waals surface area contributed by atoms with Crippen molar-refractivity contribution in [3.63, 3.8) is 0 Å². The molecule has 1 aliphatic carbocycles. The first-order chi connectivity index (χ1) is 11.3. The number of hydrogen-bond donors (Lipinski definition) is 2. The van der Waals surface area contributed by atoms with E-state index in [-0.39, 0.29) is 12.6 Å². The molecule has 1 unspecified atom stereocenters. The van der Waals surface area contributed by atoms with Crippen molar-refractivity contribution in [3.8, 4) is 0 Å². The largest absolute Gasteiger partial charge is 0.394 e. The lowest BCUT2D eigenvalue weighted by molar-refractivity contribution is 0.271. The summed E-state index contributed by atoms with van der Waals surface area (Å²) in [5.74, 6) is 0.779. The summed E-state index contributed by atoms with van der Waals surface area (Å²) in [6.07, 6.45) is 8.47. The highest BCUT2D eigenvalue weighted by Gasteiger charge is 2.24. The highest BCUT2D eigenvalue weighted by atomic mass is 16.3. The van der Waals surface area contributed by atoms with Gasteiger partial charge in [-0.05, 0) is 19.3 Å². The van der Waals surface area contributed by atoms with Crippen molar-refractivity contribution >= 4 is 16.9 Å². The first kappa shape index (κ1) is 14.1. The molecule has 1 aliphatic rings. The normalized spacial score (nSPS) is 17.4. The fourth-order valence-corrected chi connectivity index (χ4v) is 3.29. The lowest BCUT2D eigenvalue weighted by Gasteiger charge is -2.24. The first-order valence-electron chi connectivity index (χ1n) is 7.82. The maximum atomic E-state index is 9.11. The number of aromatic nitrogens is 6. The number of fused-ring (bicyclic) bond motifs is 2. The Kier molecular flexibility index (Phi) is 3.45. The molecule has 3 aromatic rings. The summed E-state index contributed by atoms with van der Waals surface area (Å²) in [6.45, 7) is 0.460. The second-order valence-electron chi connectivity index (χ2n) is 5.81. The van der Waals surface area contributed by atoms with Gasteiger partial charge in [-0.1, -0.05) is 0 Å². The van der Waals surface area contributed by atoms with Crippen LogP contribution in [0.3, 0.4) is 0 Å². The topological polar surface area (TPSA) is 93.7 Å². The minimum atomic E-state index is 0.0330. The van der Waals surface area contributed by atoms with Crippen LogP contribution in [0.5, 0.6) is 0 Å². The fraction of sp³-hybridized carbons (Fsp3) is 0.467. The third-order valence-corrected chi connectivity index (χ3v) is 4.43. The Labute approximate surface area is 133 Å². The molecular formula is C15H19N7O. The number of aliphatic hydroxyl groups is 1. The van der Waals surface area contributed by atoms with Gasteiger partial charge in [0.2, 0.25) is 0 Å². The molecule has 2 N–H and O–H groups in total. The van der Waals surface area contributed by atoms with E-state index >= 15 is 0 Å². The predicted octanol–water partition coefficient (Wildman–Crippen LogP) is 1.04. The molecule has 0 amide bonds. The van der Waals surface area contributed by atoms with E-state index in [4.69, 9.17) is 5.11 Å². The van der Waals surface area contributed by atoms with Gasteiger partial charge in [-0.25, -0.2) is 14.6 Å². The Morgan fingerprint density at radius 2 is 2.22 bits per heavy atom.